The summed E-state index contributed by atoms with van der Waals surface area (Å²) in [6, 6.07) is 2.29. The molecule has 116 valence electrons. The van der Waals surface area contributed by atoms with Gasteiger partial charge in [0.2, 0.25) is 0 Å². The van der Waals surface area contributed by atoms with Gasteiger partial charge in [-0.3, -0.25) is 9.36 Å². The Labute approximate surface area is 134 Å². The lowest BCUT2D eigenvalue weighted by Gasteiger charge is -2.17. The summed E-state index contributed by atoms with van der Waals surface area (Å²) in [5, 5.41) is 12.7. The van der Waals surface area contributed by atoms with Crippen LogP contribution >= 0.6 is 15.9 Å². The van der Waals surface area contributed by atoms with Gasteiger partial charge in [0.15, 0.2) is 0 Å². The van der Waals surface area contributed by atoms with E-state index in [1.54, 1.807) is 0 Å². The summed E-state index contributed by atoms with van der Waals surface area (Å²) in [5.41, 5.74) is 3.41. The van der Waals surface area contributed by atoms with Gasteiger partial charge in [-0.2, -0.15) is 10.2 Å². The molecule has 0 saturated heterocycles. The minimum atomic E-state index is 0.211. The van der Waals surface area contributed by atoms with Crippen LogP contribution in [-0.4, -0.2) is 26.1 Å². The van der Waals surface area contributed by atoms with Crippen molar-refractivity contribution in [3.63, 3.8) is 0 Å². The quantitative estimate of drug-likeness (QED) is 0.832. The molecule has 2 heterocycles. The van der Waals surface area contributed by atoms with E-state index in [0.29, 0.717) is 0 Å². The molecule has 0 fully saturated rings. The number of hydrogen-bond donors (Lipinski definition) is 1. The summed E-state index contributed by atoms with van der Waals surface area (Å²) in [4.78, 5) is 0. The summed E-state index contributed by atoms with van der Waals surface area (Å²) < 4.78 is 4.96. The van der Waals surface area contributed by atoms with E-state index in [0.717, 1.165) is 41.7 Å². The summed E-state index contributed by atoms with van der Waals surface area (Å²) in [6.45, 7) is 5.29. The number of halogens is 1. The number of hydrogen-bond acceptors (Lipinski definition) is 3. The minimum absolute atomic E-state index is 0.211. The molecule has 1 N–H and O–H groups in total. The third kappa shape index (κ3) is 3.74. The molecule has 6 heteroatoms. The lowest BCUT2D eigenvalue weighted by Crippen LogP contribution is -2.25. The topological polar surface area (TPSA) is 47.7 Å². The molecule has 21 heavy (non-hydrogen) atoms. The molecule has 2 aromatic rings. The molecular formula is C15H24BrN5. The zero-order chi connectivity index (χ0) is 15.4. The number of nitrogens with one attached hydrogen (secondary N) is 1. The summed E-state index contributed by atoms with van der Waals surface area (Å²) in [5.74, 6) is 0. The molecule has 0 bridgehead atoms. The van der Waals surface area contributed by atoms with E-state index in [4.69, 9.17) is 0 Å². The predicted molar refractivity (Wildman–Crippen MR) is 88.2 cm³/mol. The van der Waals surface area contributed by atoms with Gasteiger partial charge < -0.3 is 5.32 Å². The first kappa shape index (κ1) is 16.2. The lowest BCUT2D eigenvalue weighted by molar-refractivity contribution is 0.495. The summed E-state index contributed by atoms with van der Waals surface area (Å²) in [6.07, 6.45) is 4.91. The van der Waals surface area contributed by atoms with Gasteiger partial charge in [-0.1, -0.05) is 13.8 Å². The third-order valence-corrected chi connectivity index (χ3v) is 4.55. The third-order valence-electron chi connectivity index (χ3n) is 3.63. The van der Waals surface area contributed by atoms with Crippen LogP contribution < -0.4 is 5.32 Å². The normalized spacial score (nSPS) is 12.8. The van der Waals surface area contributed by atoms with Crippen LogP contribution in [0.3, 0.4) is 0 Å². The van der Waals surface area contributed by atoms with Crippen LogP contribution in [0.5, 0.6) is 0 Å². The fourth-order valence-corrected chi connectivity index (χ4v) is 3.23. The number of aromatic nitrogens is 4. The Hall–Kier alpha value is -1.14. The highest BCUT2D eigenvalue weighted by atomic mass is 79.9. The molecule has 1 atom stereocenters. The van der Waals surface area contributed by atoms with Crippen molar-refractivity contribution >= 4 is 15.9 Å². The van der Waals surface area contributed by atoms with Crippen LogP contribution in [0.15, 0.2) is 16.7 Å². The van der Waals surface area contributed by atoms with Gasteiger partial charge in [0.25, 0.3) is 0 Å². The van der Waals surface area contributed by atoms with Gasteiger partial charge in [-0.05, 0) is 41.4 Å². The van der Waals surface area contributed by atoms with Gasteiger partial charge in [0, 0.05) is 26.7 Å². The minimum Gasteiger partial charge on any atom is -0.308 e. The molecule has 0 aromatic carbocycles. The number of rotatable bonds is 7. The van der Waals surface area contributed by atoms with Gasteiger partial charge in [-0.15, -0.1) is 0 Å². The van der Waals surface area contributed by atoms with Crippen molar-refractivity contribution in [2.45, 2.75) is 39.2 Å². The Balaban J connectivity index is 2.24. The maximum Gasteiger partial charge on any atom is 0.0797 e. The molecule has 2 aromatic heterocycles. The first-order valence-corrected chi connectivity index (χ1v) is 8.29. The van der Waals surface area contributed by atoms with Crippen LogP contribution in [0.25, 0.3) is 0 Å². The van der Waals surface area contributed by atoms with E-state index < -0.39 is 0 Å². The van der Waals surface area contributed by atoms with Crippen molar-refractivity contribution in [3.05, 3.63) is 33.8 Å². The smallest absolute Gasteiger partial charge is 0.0797 e. The first-order valence-electron chi connectivity index (χ1n) is 7.49. The van der Waals surface area contributed by atoms with Crippen LogP contribution in [0, 0.1) is 0 Å². The first-order chi connectivity index (χ1) is 10.1. The van der Waals surface area contributed by atoms with E-state index in [1.807, 2.05) is 29.7 Å². The van der Waals surface area contributed by atoms with Gasteiger partial charge >= 0.3 is 0 Å². The van der Waals surface area contributed by atoms with Crippen molar-refractivity contribution in [2.75, 3.05) is 6.54 Å². The Bertz CT molecular complexity index is 587. The Morgan fingerprint density at radius 2 is 2.05 bits per heavy atom. The van der Waals surface area contributed by atoms with E-state index in [1.165, 1.54) is 5.69 Å². The van der Waals surface area contributed by atoms with Crippen molar-refractivity contribution in [1.82, 2.24) is 24.9 Å². The van der Waals surface area contributed by atoms with Gasteiger partial charge in [0.1, 0.15) is 0 Å². The molecule has 0 spiro atoms. The molecule has 1 unspecified atom stereocenters. The Kier molecular flexibility index (Phi) is 5.58. The Morgan fingerprint density at radius 3 is 2.57 bits per heavy atom. The summed E-state index contributed by atoms with van der Waals surface area (Å²) in [7, 11) is 3.96. The molecule has 0 aliphatic carbocycles. The fraction of sp³-hybridized carbons (Fsp3) is 0.600. The van der Waals surface area contributed by atoms with Crippen molar-refractivity contribution in [2.24, 2.45) is 14.1 Å². The van der Waals surface area contributed by atoms with E-state index >= 15 is 0 Å². The maximum atomic E-state index is 4.58. The zero-order valence-electron chi connectivity index (χ0n) is 13.2. The SMILES string of the molecule is CCCNC(Cc1c(Br)c(CC)nn1C)c1ccn(C)n1. The largest absolute Gasteiger partial charge is 0.308 e. The highest BCUT2D eigenvalue weighted by Gasteiger charge is 2.20. The second-order valence-corrected chi connectivity index (χ2v) is 6.10. The highest BCUT2D eigenvalue weighted by molar-refractivity contribution is 9.10. The second-order valence-electron chi connectivity index (χ2n) is 5.31. The lowest BCUT2D eigenvalue weighted by atomic mass is 10.1. The zero-order valence-corrected chi connectivity index (χ0v) is 14.8. The van der Waals surface area contributed by atoms with Crippen molar-refractivity contribution in [1.29, 1.82) is 0 Å². The fourth-order valence-electron chi connectivity index (χ4n) is 2.45. The van der Waals surface area contributed by atoms with Gasteiger partial charge in [-0.25, -0.2) is 0 Å². The van der Waals surface area contributed by atoms with Crippen LogP contribution in [-0.2, 0) is 26.9 Å². The van der Waals surface area contributed by atoms with Crippen molar-refractivity contribution < 1.29 is 0 Å². The van der Waals surface area contributed by atoms with E-state index in [-0.39, 0.29) is 6.04 Å². The highest BCUT2D eigenvalue weighted by Crippen LogP contribution is 2.26. The van der Waals surface area contributed by atoms with E-state index in [9.17, 15) is 0 Å². The molecule has 0 radical (unpaired) electrons. The standard InChI is InChI=1S/C15H24BrN5/c1-5-8-17-13(12-7-9-20(3)18-12)10-14-15(16)11(6-2)19-21(14)4/h7,9,13,17H,5-6,8,10H2,1-4H3. The molecular weight excluding hydrogens is 330 g/mol. The predicted octanol–water partition coefficient (Wildman–Crippen LogP) is 2.76. The van der Waals surface area contributed by atoms with Crippen LogP contribution in [0.2, 0.25) is 0 Å². The number of aryl methyl sites for hydroxylation is 3. The monoisotopic (exact) mass is 353 g/mol. The molecule has 0 saturated carbocycles. The second kappa shape index (κ2) is 7.22. The molecule has 0 aliphatic heterocycles. The Morgan fingerprint density at radius 1 is 1.29 bits per heavy atom. The van der Waals surface area contributed by atoms with Gasteiger partial charge in [0.05, 0.1) is 27.6 Å². The molecule has 0 aliphatic rings. The molecule has 5 nitrogen and oxygen atoms in total. The average molecular weight is 354 g/mol. The van der Waals surface area contributed by atoms with E-state index in [2.05, 4.69) is 51.4 Å². The average Bonchev–Trinajstić information content (AvgIpc) is 3.00. The van der Waals surface area contributed by atoms with Crippen LogP contribution in [0.4, 0.5) is 0 Å². The summed E-state index contributed by atoms with van der Waals surface area (Å²) >= 11 is 3.70. The van der Waals surface area contributed by atoms with Crippen LogP contribution in [0.1, 0.15) is 43.4 Å². The number of nitrogens with zero attached hydrogens (tertiary/aromatic N) is 4. The van der Waals surface area contributed by atoms with Crippen molar-refractivity contribution in [3.8, 4) is 0 Å². The maximum absolute atomic E-state index is 4.58. The molecule has 0 amide bonds. The molecule has 2 rings (SSSR count).